The zero-order chi connectivity index (χ0) is 16.4. The molecule has 1 unspecified atom stereocenters. The lowest BCUT2D eigenvalue weighted by Gasteiger charge is -2.15. The van der Waals surface area contributed by atoms with Crippen LogP contribution in [0.25, 0.3) is 6.08 Å². The Hall–Kier alpha value is -1.62. The number of carbonyl (C=O) groups excluding carboxylic acids is 1. The van der Waals surface area contributed by atoms with Gasteiger partial charge in [-0.2, -0.15) is 0 Å². The zero-order valence-corrected chi connectivity index (χ0v) is 14.6. The molecule has 0 aromatic heterocycles. The summed E-state index contributed by atoms with van der Waals surface area (Å²) in [6.45, 7) is 1.97. The van der Waals surface area contributed by atoms with Gasteiger partial charge in [0.2, 0.25) is 0 Å². The Morgan fingerprint density at radius 2 is 2.00 bits per heavy atom. The van der Waals surface area contributed by atoms with Gasteiger partial charge in [0.1, 0.15) is 0 Å². The van der Waals surface area contributed by atoms with Gasteiger partial charge in [-0.3, -0.25) is 4.79 Å². The van der Waals surface area contributed by atoms with Crippen LogP contribution >= 0.6 is 35.0 Å². The Kier molecular flexibility index (Phi) is 4.85. The highest BCUT2D eigenvalue weighted by Gasteiger charge is 2.27. The van der Waals surface area contributed by atoms with Crippen molar-refractivity contribution in [3.05, 3.63) is 68.5 Å². The van der Waals surface area contributed by atoms with Crippen molar-refractivity contribution < 1.29 is 4.79 Å². The second-order valence-electron chi connectivity index (χ2n) is 5.11. The van der Waals surface area contributed by atoms with Gasteiger partial charge in [0.15, 0.2) is 5.50 Å². The van der Waals surface area contributed by atoms with Crippen molar-refractivity contribution in [2.45, 2.75) is 12.4 Å². The molecule has 118 valence electrons. The number of halogens is 2. The number of carbonyl (C=O) groups is 1. The highest BCUT2D eigenvalue weighted by Crippen LogP contribution is 2.32. The smallest absolute Gasteiger partial charge is 0.260 e. The molecule has 3 rings (SSSR count). The summed E-state index contributed by atoms with van der Waals surface area (Å²) in [5.41, 5.74) is 2.56. The average Bonchev–Trinajstić information content (AvgIpc) is 2.84. The molecule has 1 heterocycles. The van der Waals surface area contributed by atoms with E-state index in [-0.39, 0.29) is 11.4 Å². The van der Waals surface area contributed by atoms with Gasteiger partial charge in [-0.05, 0) is 48.4 Å². The maximum Gasteiger partial charge on any atom is 0.260 e. The maximum absolute atomic E-state index is 12.1. The molecule has 3 nitrogen and oxygen atoms in total. The number of rotatable bonds is 3. The van der Waals surface area contributed by atoms with Crippen LogP contribution in [0.2, 0.25) is 10.0 Å². The minimum absolute atomic E-state index is 0.112. The molecule has 2 aromatic rings. The van der Waals surface area contributed by atoms with E-state index in [0.29, 0.717) is 15.0 Å². The highest BCUT2D eigenvalue weighted by molar-refractivity contribution is 8.05. The Bertz CT molecular complexity index is 792. The van der Waals surface area contributed by atoms with E-state index in [0.717, 1.165) is 16.8 Å². The monoisotopic (exact) mass is 364 g/mol. The summed E-state index contributed by atoms with van der Waals surface area (Å²) in [6.07, 6.45) is 1.80. The van der Waals surface area contributed by atoms with E-state index >= 15 is 0 Å². The standard InChI is InChI=1S/C17H14Cl2N2OS/c1-10-8-12(18)6-7-14(10)20-17-21-16(22)15(23-17)9-11-4-2-3-5-13(11)19/h2-9,17,20H,1H3,(H,21,22)/b15-9-. The average molecular weight is 365 g/mol. The van der Waals surface area contributed by atoms with Crippen LogP contribution in [0.5, 0.6) is 0 Å². The topological polar surface area (TPSA) is 41.1 Å². The quantitative estimate of drug-likeness (QED) is 0.760. The van der Waals surface area contributed by atoms with Crippen LogP contribution in [0.1, 0.15) is 11.1 Å². The molecule has 6 heteroatoms. The molecule has 0 aliphatic carbocycles. The Morgan fingerprint density at radius 3 is 2.74 bits per heavy atom. The molecule has 23 heavy (non-hydrogen) atoms. The van der Waals surface area contributed by atoms with Gasteiger partial charge in [-0.1, -0.05) is 53.2 Å². The SMILES string of the molecule is Cc1cc(Cl)ccc1NC1NC(=O)/C(=C/c2ccccc2Cl)S1. The Morgan fingerprint density at radius 1 is 1.22 bits per heavy atom. The van der Waals surface area contributed by atoms with Crippen molar-refractivity contribution in [3.63, 3.8) is 0 Å². The molecular formula is C17H14Cl2N2OS. The number of aryl methyl sites for hydroxylation is 1. The van der Waals surface area contributed by atoms with Crippen LogP contribution in [0.3, 0.4) is 0 Å². The van der Waals surface area contributed by atoms with Crippen LogP contribution in [0.15, 0.2) is 47.4 Å². The molecule has 0 bridgehead atoms. The van der Waals surface area contributed by atoms with Gasteiger partial charge in [0.25, 0.3) is 5.91 Å². The van der Waals surface area contributed by atoms with Gasteiger partial charge >= 0.3 is 0 Å². The first-order valence-electron chi connectivity index (χ1n) is 6.99. The maximum atomic E-state index is 12.1. The molecule has 2 N–H and O–H groups in total. The number of thioether (sulfide) groups is 1. The first-order chi connectivity index (χ1) is 11.0. The number of anilines is 1. The lowest BCUT2D eigenvalue weighted by atomic mass is 10.2. The molecule has 1 fully saturated rings. The number of nitrogens with one attached hydrogen (secondary N) is 2. The summed E-state index contributed by atoms with van der Waals surface area (Å²) < 4.78 is 0. The molecule has 0 spiro atoms. The van der Waals surface area contributed by atoms with Crippen LogP contribution in [0, 0.1) is 6.92 Å². The normalized spacial score (nSPS) is 19.0. The third kappa shape index (κ3) is 3.83. The molecule has 0 saturated carbocycles. The minimum atomic E-state index is -0.226. The third-order valence-electron chi connectivity index (χ3n) is 3.40. The molecule has 1 amide bonds. The summed E-state index contributed by atoms with van der Waals surface area (Å²) in [5.74, 6) is -0.112. The molecular weight excluding hydrogens is 351 g/mol. The van der Waals surface area contributed by atoms with Gasteiger partial charge in [0.05, 0.1) is 4.91 Å². The second kappa shape index (κ2) is 6.87. The molecule has 1 aliphatic heterocycles. The fourth-order valence-electron chi connectivity index (χ4n) is 2.23. The summed E-state index contributed by atoms with van der Waals surface area (Å²) in [6, 6.07) is 13.0. The number of hydrogen-bond donors (Lipinski definition) is 2. The number of hydrogen-bond acceptors (Lipinski definition) is 3. The van der Waals surface area contributed by atoms with E-state index in [1.807, 2.05) is 43.3 Å². The minimum Gasteiger partial charge on any atom is -0.356 e. The van der Waals surface area contributed by atoms with Crippen LogP contribution in [-0.4, -0.2) is 11.4 Å². The highest BCUT2D eigenvalue weighted by atomic mass is 35.5. The Balaban J connectivity index is 1.76. The summed E-state index contributed by atoms with van der Waals surface area (Å²) in [4.78, 5) is 12.8. The van der Waals surface area contributed by atoms with E-state index < -0.39 is 0 Å². The van der Waals surface area contributed by atoms with E-state index in [9.17, 15) is 4.79 Å². The van der Waals surface area contributed by atoms with Gasteiger partial charge < -0.3 is 10.6 Å². The van der Waals surface area contributed by atoms with Gasteiger partial charge in [-0.15, -0.1) is 0 Å². The van der Waals surface area contributed by atoms with Crippen LogP contribution < -0.4 is 10.6 Å². The van der Waals surface area contributed by atoms with Crippen molar-refractivity contribution >= 4 is 52.6 Å². The van der Waals surface area contributed by atoms with Crippen molar-refractivity contribution in [1.29, 1.82) is 0 Å². The Labute approximate surface area is 149 Å². The lowest BCUT2D eigenvalue weighted by Crippen LogP contribution is -2.31. The summed E-state index contributed by atoms with van der Waals surface area (Å²) in [7, 11) is 0. The van der Waals surface area contributed by atoms with Gasteiger partial charge in [-0.25, -0.2) is 0 Å². The predicted octanol–water partition coefficient (Wildman–Crippen LogP) is 4.90. The first-order valence-corrected chi connectivity index (χ1v) is 8.63. The lowest BCUT2D eigenvalue weighted by molar-refractivity contribution is -0.116. The zero-order valence-electron chi connectivity index (χ0n) is 12.3. The van der Waals surface area contributed by atoms with E-state index in [2.05, 4.69) is 10.6 Å². The molecule has 1 saturated heterocycles. The summed E-state index contributed by atoms with van der Waals surface area (Å²) in [5, 5.41) is 7.51. The fourth-order valence-corrected chi connectivity index (χ4v) is 3.61. The number of amides is 1. The van der Waals surface area contributed by atoms with E-state index in [1.54, 1.807) is 12.1 Å². The fraction of sp³-hybridized carbons (Fsp3) is 0.118. The second-order valence-corrected chi connectivity index (χ2v) is 7.10. The number of benzene rings is 2. The molecule has 2 aromatic carbocycles. The van der Waals surface area contributed by atoms with Crippen LogP contribution in [-0.2, 0) is 4.79 Å². The largest absolute Gasteiger partial charge is 0.356 e. The van der Waals surface area contributed by atoms with Crippen molar-refractivity contribution in [2.75, 3.05) is 5.32 Å². The van der Waals surface area contributed by atoms with Crippen LogP contribution in [0.4, 0.5) is 5.69 Å². The third-order valence-corrected chi connectivity index (χ3v) is 5.01. The molecule has 1 atom stereocenters. The molecule has 0 radical (unpaired) electrons. The summed E-state index contributed by atoms with van der Waals surface area (Å²) >= 11 is 13.5. The first kappa shape index (κ1) is 16.2. The van der Waals surface area contributed by atoms with Crippen molar-refractivity contribution in [3.8, 4) is 0 Å². The van der Waals surface area contributed by atoms with Crippen molar-refractivity contribution in [1.82, 2.24) is 5.32 Å². The van der Waals surface area contributed by atoms with E-state index in [1.165, 1.54) is 11.8 Å². The van der Waals surface area contributed by atoms with E-state index in [4.69, 9.17) is 23.2 Å². The molecule has 1 aliphatic rings. The predicted molar refractivity (Wildman–Crippen MR) is 98.8 cm³/mol. The van der Waals surface area contributed by atoms with Crippen molar-refractivity contribution in [2.24, 2.45) is 0 Å². The van der Waals surface area contributed by atoms with Gasteiger partial charge in [0, 0.05) is 15.7 Å².